The number of hydrogen-bond acceptors (Lipinski definition) is 6. The van der Waals surface area contributed by atoms with Crippen molar-refractivity contribution in [2.75, 3.05) is 7.11 Å². The second kappa shape index (κ2) is 8.48. The normalized spacial score (nSPS) is 28.7. The number of benzene rings is 1. The zero-order valence-corrected chi connectivity index (χ0v) is 20.3. The highest BCUT2D eigenvalue weighted by molar-refractivity contribution is 5.98. The van der Waals surface area contributed by atoms with E-state index in [1.165, 1.54) is 18.2 Å². The van der Waals surface area contributed by atoms with Crippen LogP contribution in [0, 0.1) is 0 Å². The van der Waals surface area contributed by atoms with Crippen LogP contribution < -0.4 is 0 Å². The minimum atomic E-state index is -5.10. The van der Waals surface area contributed by atoms with Gasteiger partial charge in [-0.1, -0.05) is 42.0 Å². The van der Waals surface area contributed by atoms with E-state index in [0.717, 1.165) is 24.8 Å². The van der Waals surface area contributed by atoms with Gasteiger partial charge in [0.2, 0.25) is 0 Å². The number of carbonyl (C=O) groups is 2. The summed E-state index contributed by atoms with van der Waals surface area (Å²) in [5, 5.41) is 0. The lowest BCUT2D eigenvalue weighted by Crippen LogP contribution is -2.53. The molecule has 1 saturated heterocycles. The van der Waals surface area contributed by atoms with Gasteiger partial charge >= 0.3 is 12.1 Å². The summed E-state index contributed by atoms with van der Waals surface area (Å²) in [6, 6.07) is 6.62. The summed E-state index contributed by atoms with van der Waals surface area (Å²) in [6.45, 7) is 7.39. The summed E-state index contributed by atoms with van der Waals surface area (Å²) < 4.78 is 65.5. The Kier molecular flexibility index (Phi) is 6.17. The summed E-state index contributed by atoms with van der Waals surface area (Å²) >= 11 is 0. The Morgan fingerprint density at radius 3 is 2.43 bits per heavy atom. The second-order valence-electron chi connectivity index (χ2n) is 10.1. The van der Waals surface area contributed by atoms with Crippen molar-refractivity contribution in [2.45, 2.75) is 82.1 Å². The zero-order valence-electron chi connectivity index (χ0n) is 20.3. The number of alkyl halides is 3. The Morgan fingerprint density at radius 2 is 1.86 bits per heavy atom. The number of ether oxygens (including phenoxy) is 4. The zero-order chi connectivity index (χ0) is 25.8. The third-order valence-electron chi connectivity index (χ3n) is 6.69. The van der Waals surface area contributed by atoms with Crippen LogP contribution in [0.5, 0.6) is 0 Å². The van der Waals surface area contributed by atoms with E-state index in [1.807, 2.05) is 19.9 Å². The van der Waals surface area contributed by atoms with Crippen molar-refractivity contribution in [3.05, 3.63) is 58.9 Å². The van der Waals surface area contributed by atoms with Gasteiger partial charge in [0.05, 0.1) is 6.42 Å². The van der Waals surface area contributed by atoms with Crippen molar-refractivity contribution in [3.8, 4) is 0 Å². The quantitative estimate of drug-likeness (QED) is 0.318. The molecular weight excluding hydrogens is 465 g/mol. The highest BCUT2D eigenvalue weighted by atomic mass is 19.4. The molecule has 0 aromatic heterocycles. The number of allylic oxidation sites excluding steroid dienone is 1. The number of methoxy groups -OCH3 is 1. The molecule has 2 aliphatic heterocycles. The van der Waals surface area contributed by atoms with Crippen molar-refractivity contribution in [1.29, 1.82) is 0 Å². The van der Waals surface area contributed by atoms with Gasteiger partial charge in [0.15, 0.2) is 11.4 Å². The Labute approximate surface area is 202 Å². The van der Waals surface area contributed by atoms with Gasteiger partial charge < -0.3 is 18.9 Å². The molecule has 190 valence electrons. The lowest BCUT2D eigenvalue weighted by molar-refractivity contribution is -0.278. The lowest BCUT2D eigenvalue weighted by Gasteiger charge is -2.39. The van der Waals surface area contributed by atoms with Crippen molar-refractivity contribution in [1.82, 2.24) is 0 Å². The van der Waals surface area contributed by atoms with Crippen LogP contribution in [0.4, 0.5) is 13.2 Å². The molecule has 4 atom stereocenters. The average Bonchev–Trinajstić information content (AvgIpc) is 3.50. The maximum atomic E-state index is 14.3. The van der Waals surface area contributed by atoms with Crippen LogP contribution in [0.3, 0.4) is 0 Å². The molecule has 0 bridgehead atoms. The first-order valence-electron chi connectivity index (χ1n) is 11.4. The molecule has 4 rings (SSSR count). The maximum Gasteiger partial charge on any atom is 0.432 e. The van der Waals surface area contributed by atoms with Crippen LogP contribution in [0.1, 0.15) is 52.5 Å². The SMILES string of the molecule is CO[C@@](C(=O)O[C@H]1CC2=C(OC(C)(C)CC2=O)[C@@]2(CC=C(C)C)O[C@@H]12)(c1ccccc1)C(F)(F)F. The number of Topliss-reactive ketones (excluding diaryl/α,β-unsaturated/α-hetero) is 1. The Bertz CT molecular complexity index is 1090. The molecule has 2 heterocycles. The number of esters is 1. The summed E-state index contributed by atoms with van der Waals surface area (Å²) in [4.78, 5) is 26.2. The van der Waals surface area contributed by atoms with Crippen LogP contribution in [-0.4, -0.2) is 48.4 Å². The number of fused-ring (bicyclic) bond motifs is 2. The molecule has 0 spiro atoms. The fourth-order valence-corrected chi connectivity index (χ4v) is 4.93. The molecule has 9 heteroatoms. The van der Waals surface area contributed by atoms with E-state index >= 15 is 0 Å². The van der Waals surface area contributed by atoms with Crippen LogP contribution >= 0.6 is 0 Å². The van der Waals surface area contributed by atoms with Crippen LogP contribution in [-0.2, 0) is 34.1 Å². The third kappa shape index (κ3) is 4.18. The van der Waals surface area contributed by atoms with Gasteiger partial charge in [0.1, 0.15) is 23.6 Å². The van der Waals surface area contributed by atoms with Crippen molar-refractivity contribution >= 4 is 11.8 Å². The highest BCUT2D eigenvalue weighted by Gasteiger charge is 2.71. The number of hydrogen-bond donors (Lipinski definition) is 0. The van der Waals surface area contributed by atoms with Gasteiger partial charge in [-0.25, -0.2) is 4.79 Å². The fourth-order valence-electron chi connectivity index (χ4n) is 4.93. The van der Waals surface area contributed by atoms with Gasteiger partial charge in [0.25, 0.3) is 5.60 Å². The highest BCUT2D eigenvalue weighted by Crippen LogP contribution is 2.58. The number of rotatable bonds is 6. The van der Waals surface area contributed by atoms with Gasteiger partial charge in [0, 0.05) is 31.1 Å². The average molecular weight is 495 g/mol. The van der Waals surface area contributed by atoms with E-state index < -0.39 is 46.7 Å². The Hall–Kier alpha value is -2.65. The van der Waals surface area contributed by atoms with E-state index in [1.54, 1.807) is 13.8 Å². The number of carbonyl (C=O) groups excluding carboxylic acids is 2. The summed E-state index contributed by atoms with van der Waals surface area (Å²) in [5.74, 6) is -1.41. The lowest BCUT2D eigenvalue weighted by atomic mass is 9.78. The van der Waals surface area contributed by atoms with E-state index in [-0.39, 0.29) is 18.6 Å². The van der Waals surface area contributed by atoms with Gasteiger partial charge in [-0.15, -0.1) is 0 Å². The molecule has 1 aliphatic carbocycles. The molecule has 0 radical (unpaired) electrons. The van der Waals surface area contributed by atoms with Crippen molar-refractivity contribution in [2.24, 2.45) is 0 Å². The largest absolute Gasteiger partial charge is 0.488 e. The van der Waals surface area contributed by atoms with Crippen LogP contribution in [0.15, 0.2) is 53.3 Å². The van der Waals surface area contributed by atoms with Gasteiger partial charge in [-0.05, 0) is 27.7 Å². The smallest absolute Gasteiger partial charge is 0.432 e. The van der Waals surface area contributed by atoms with E-state index in [4.69, 9.17) is 18.9 Å². The first kappa shape index (κ1) is 25.4. The summed E-state index contributed by atoms with van der Waals surface area (Å²) in [5.41, 5.74) is -4.24. The number of halogens is 3. The molecule has 0 amide bonds. The summed E-state index contributed by atoms with van der Waals surface area (Å²) in [6.07, 6.45) is -4.71. The molecule has 1 aromatic carbocycles. The van der Waals surface area contributed by atoms with Crippen molar-refractivity contribution < 1.29 is 41.7 Å². The van der Waals surface area contributed by atoms with E-state index in [2.05, 4.69) is 0 Å². The Morgan fingerprint density at radius 1 is 1.20 bits per heavy atom. The molecule has 6 nitrogen and oxygen atoms in total. The van der Waals surface area contributed by atoms with E-state index in [9.17, 15) is 22.8 Å². The molecule has 35 heavy (non-hydrogen) atoms. The predicted octanol–water partition coefficient (Wildman–Crippen LogP) is 4.92. The summed E-state index contributed by atoms with van der Waals surface area (Å²) in [7, 11) is 0.816. The van der Waals surface area contributed by atoms with E-state index in [0.29, 0.717) is 17.8 Å². The number of ketones is 1. The minimum absolute atomic E-state index is 0.0936. The minimum Gasteiger partial charge on any atom is -0.488 e. The van der Waals surface area contributed by atoms with Crippen LogP contribution in [0.25, 0.3) is 0 Å². The third-order valence-corrected chi connectivity index (χ3v) is 6.69. The molecule has 1 fully saturated rings. The molecule has 3 aliphatic rings. The van der Waals surface area contributed by atoms with Gasteiger partial charge in [-0.2, -0.15) is 13.2 Å². The topological polar surface area (TPSA) is 74.4 Å². The Balaban J connectivity index is 1.71. The predicted molar refractivity (Wildman–Crippen MR) is 119 cm³/mol. The maximum absolute atomic E-state index is 14.3. The standard InChI is InChI=1S/C26H29F3O6/c1-15(2)11-12-24-20-17(18(30)14-23(3,4)34-20)13-19(21(24)35-24)33-22(31)25(32-5,26(27,28)29)16-9-7-6-8-10-16/h6-11,19,21H,12-14H2,1-5H3/t19-,21-,24+,25+/m0/s1. The molecule has 0 N–H and O–H groups in total. The molecule has 1 aromatic rings. The molecular formula is C26H29F3O6. The fraction of sp³-hybridized carbons (Fsp3) is 0.538. The first-order valence-corrected chi connectivity index (χ1v) is 11.4. The molecule has 0 unspecified atom stereocenters. The first-order chi connectivity index (χ1) is 16.3. The molecule has 0 saturated carbocycles. The monoisotopic (exact) mass is 494 g/mol. The number of epoxide rings is 1. The van der Waals surface area contributed by atoms with Crippen molar-refractivity contribution in [3.63, 3.8) is 0 Å². The van der Waals surface area contributed by atoms with Gasteiger partial charge in [-0.3, -0.25) is 4.79 Å². The van der Waals surface area contributed by atoms with Crippen LogP contribution in [0.2, 0.25) is 0 Å². The second-order valence-corrected chi connectivity index (χ2v) is 10.1.